The monoisotopic (exact) mass is 209 g/mol. The van der Waals surface area contributed by atoms with Crippen molar-refractivity contribution in [3.05, 3.63) is 23.3 Å². The second-order valence-electron chi connectivity index (χ2n) is 3.31. The molecule has 15 heavy (non-hydrogen) atoms. The predicted molar refractivity (Wildman–Crippen MR) is 57.4 cm³/mol. The largest absolute Gasteiger partial charge is 0.508 e. The Balaban J connectivity index is 3.12. The Bertz CT molecular complexity index is 374. The first kappa shape index (κ1) is 11.5. The summed E-state index contributed by atoms with van der Waals surface area (Å²) in [4.78, 5) is 11.5. The van der Waals surface area contributed by atoms with Gasteiger partial charge in [0.2, 0.25) is 0 Å². The molecule has 0 spiro atoms. The highest BCUT2D eigenvalue weighted by atomic mass is 16.3. The van der Waals surface area contributed by atoms with E-state index in [1.165, 1.54) is 12.1 Å². The Hall–Kier alpha value is -1.55. The van der Waals surface area contributed by atoms with Gasteiger partial charge in [0, 0.05) is 6.07 Å². The summed E-state index contributed by atoms with van der Waals surface area (Å²) >= 11 is 0. The Labute approximate surface area is 88.6 Å². The van der Waals surface area contributed by atoms with Crippen LogP contribution in [0.3, 0.4) is 0 Å². The van der Waals surface area contributed by atoms with Crippen molar-refractivity contribution >= 4 is 5.78 Å². The molecule has 0 aliphatic rings. The van der Waals surface area contributed by atoms with E-state index >= 15 is 0 Å². The highest BCUT2D eigenvalue weighted by molar-refractivity contribution is 6.00. The molecule has 0 saturated heterocycles. The van der Waals surface area contributed by atoms with Crippen molar-refractivity contribution in [3.8, 4) is 11.5 Å². The first-order valence-electron chi connectivity index (χ1n) is 4.82. The van der Waals surface area contributed by atoms with Gasteiger partial charge in [-0.25, -0.2) is 0 Å². The topological polar surface area (TPSA) is 69.6 Å². The molecule has 0 amide bonds. The van der Waals surface area contributed by atoms with Crippen LogP contribution in [0.15, 0.2) is 12.1 Å². The molecule has 0 aliphatic heterocycles. The maximum Gasteiger partial charge on any atom is 0.180 e. The summed E-state index contributed by atoms with van der Waals surface area (Å²) < 4.78 is 0. The molecule has 0 aromatic heterocycles. The molecule has 82 valence electrons. The standard InChI is InChI=1S/C11H15NO3/c1-3-7-4-8(11(15)6-12-2)10(14)5-9(7)13/h4-5,12-14H,3,6H2,1-2H3. The highest BCUT2D eigenvalue weighted by Gasteiger charge is 2.13. The lowest BCUT2D eigenvalue weighted by atomic mass is 10.0. The molecular formula is C11H15NO3. The SMILES string of the molecule is CCc1cc(C(=O)CNC)c(O)cc1O. The van der Waals surface area contributed by atoms with Crippen molar-refractivity contribution in [1.82, 2.24) is 5.32 Å². The third-order valence-electron chi connectivity index (χ3n) is 2.22. The minimum absolute atomic E-state index is 0.0241. The first-order valence-corrected chi connectivity index (χ1v) is 4.82. The Morgan fingerprint density at radius 1 is 1.33 bits per heavy atom. The lowest BCUT2D eigenvalue weighted by Crippen LogP contribution is -2.18. The third-order valence-corrected chi connectivity index (χ3v) is 2.22. The summed E-state index contributed by atoms with van der Waals surface area (Å²) in [6.45, 7) is 2.04. The number of benzene rings is 1. The number of phenols is 2. The molecule has 0 fully saturated rings. The molecule has 0 aliphatic carbocycles. The van der Waals surface area contributed by atoms with Crippen LogP contribution in [0.5, 0.6) is 11.5 Å². The second-order valence-corrected chi connectivity index (χ2v) is 3.31. The number of likely N-dealkylation sites (N-methyl/N-ethyl adjacent to an activating group) is 1. The number of carbonyl (C=O) groups excluding carboxylic acids is 1. The molecule has 0 atom stereocenters. The smallest absolute Gasteiger partial charge is 0.180 e. The Kier molecular flexibility index (Phi) is 3.68. The van der Waals surface area contributed by atoms with Crippen LogP contribution >= 0.6 is 0 Å². The van der Waals surface area contributed by atoms with Crippen LogP contribution in [-0.2, 0) is 6.42 Å². The van der Waals surface area contributed by atoms with Crippen molar-refractivity contribution in [2.75, 3.05) is 13.6 Å². The van der Waals surface area contributed by atoms with Gasteiger partial charge in [-0.2, -0.15) is 0 Å². The molecular weight excluding hydrogens is 194 g/mol. The van der Waals surface area contributed by atoms with E-state index in [0.29, 0.717) is 12.0 Å². The molecule has 3 N–H and O–H groups in total. The average Bonchev–Trinajstić information content (AvgIpc) is 2.18. The molecule has 0 saturated carbocycles. The normalized spacial score (nSPS) is 10.3. The zero-order valence-electron chi connectivity index (χ0n) is 8.87. The summed E-state index contributed by atoms with van der Waals surface area (Å²) in [6.07, 6.45) is 0.617. The summed E-state index contributed by atoms with van der Waals surface area (Å²) in [5.41, 5.74) is 0.909. The van der Waals surface area contributed by atoms with Crippen LogP contribution in [0.4, 0.5) is 0 Å². The van der Waals surface area contributed by atoms with E-state index in [-0.39, 0.29) is 29.4 Å². The van der Waals surface area contributed by atoms with Crippen LogP contribution in [0.25, 0.3) is 0 Å². The maximum absolute atomic E-state index is 11.5. The fraction of sp³-hybridized carbons (Fsp3) is 0.364. The summed E-state index contributed by atoms with van der Waals surface area (Å²) in [5, 5.41) is 21.7. The zero-order chi connectivity index (χ0) is 11.4. The third kappa shape index (κ3) is 2.47. The quantitative estimate of drug-likeness (QED) is 0.648. The van der Waals surface area contributed by atoms with Crippen molar-refractivity contribution < 1.29 is 15.0 Å². The van der Waals surface area contributed by atoms with Gasteiger partial charge in [0.25, 0.3) is 0 Å². The number of ketones is 1. The van der Waals surface area contributed by atoms with Crippen molar-refractivity contribution in [1.29, 1.82) is 0 Å². The minimum Gasteiger partial charge on any atom is -0.508 e. The van der Waals surface area contributed by atoms with Crippen LogP contribution in [-0.4, -0.2) is 29.6 Å². The predicted octanol–water partition coefficient (Wildman–Crippen LogP) is 1.06. The van der Waals surface area contributed by atoms with Gasteiger partial charge in [0.05, 0.1) is 12.1 Å². The van der Waals surface area contributed by atoms with E-state index < -0.39 is 0 Å². The van der Waals surface area contributed by atoms with Crippen LogP contribution in [0.1, 0.15) is 22.8 Å². The molecule has 1 aromatic rings. The molecule has 4 nitrogen and oxygen atoms in total. The van der Waals surface area contributed by atoms with Gasteiger partial charge < -0.3 is 15.5 Å². The number of aryl methyl sites for hydroxylation is 1. The van der Waals surface area contributed by atoms with Crippen molar-refractivity contribution in [2.24, 2.45) is 0 Å². The molecule has 0 bridgehead atoms. The van der Waals surface area contributed by atoms with Crippen LogP contribution in [0.2, 0.25) is 0 Å². The van der Waals surface area contributed by atoms with Gasteiger partial charge in [0.1, 0.15) is 11.5 Å². The first-order chi connectivity index (χ1) is 7.10. The van der Waals surface area contributed by atoms with Gasteiger partial charge >= 0.3 is 0 Å². The number of carbonyl (C=O) groups is 1. The Morgan fingerprint density at radius 2 is 2.00 bits per heavy atom. The second kappa shape index (κ2) is 4.79. The lowest BCUT2D eigenvalue weighted by Gasteiger charge is -2.07. The molecule has 1 rings (SSSR count). The molecule has 0 radical (unpaired) electrons. The van der Waals surface area contributed by atoms with E-state index in [1.54, 1.807) is 7.05 Å². The molecule has 0 unspecified atom stereocenters. The highest BCUT2D eigenvalue weighted by Crippen LogP contribution is 2.27. The Morgan fingerprint density at radius 3 is 2.53 bits per heavy atom. The molecule has 4 heteroatoms. The number of hydrogen-bond acceptors (Lipinski definition) is 4. The number of rotatable bonds is 4. The van der Waals surface area contributed by atoms with Gasteiger partial charge in [-0.3, -0.25) is 4.79 Å². The molecule has 0 heterocycles. The number of Topliss-reactive ketones (excluding diaryl/α,β-unsaturated/α-hetero) is 1. The van der Waals surface area contributed by atoms with E-state index in [2.05, 4.69) is 5.32 Å². The molecule has 1 aromatic carbocycles. The minimum atomic E-state index is -0.190. The van der Waals surface area contributed by atoms with E-state index in [4.69, 9.17) is 0 Å². The summed E-state index contributed by atoms with van der Waals surface area (Å²) in [6, 6.07) is 2.74. The van der Waals surface area contributed by atoms with E-state index in [9.17, 15) is 15.0 Å². The number of phenolic OH excluding ortho intramolecular Hbond substituents is 2. The van der Waals surface area contributed by atoms with Crippen LogP contribution < -0.4 is 5.32 Å². The van der Waals surface area contributed by atoms with E-state index in [0.717, 1.165) is 0 Å². The summed E-state index contributed by atoms with van der Waals surface area (Å²) in [7, 11) is 1.66. The van der Waals surface area contributed by atoms with Gasteiger partial charge in [-0.1, -0.05) is 6.92 Å². The van der Waals surface area contributed by atoms with Crippen molar-refractivity contribution in [2.45, 2.75) is 13.3 Å². The fourth-order valence-corrected chi connectivity index (χ4v) is 1.38. The van der Waals surface area contributed by atoms with Crippen LogP contribution in [0, 0.1) is 0 Å². The van der Waals surface area contributed by atoms with Crippen molar-refractivity contribution in [3.63, 3.8) is 0 Å². The fourth-order valence-electron chi connectivity index (χ4n) is 1.38. The average molecular weight is 209 g/mol. The van der Waals surface area contributed by atoms with Gasteiger partial charge in [0.15, 0.2) is 5.78 Å². The summed E-state index contributed by atoms with van der Waals surface area (Å²) in [5.74, 6) is -0.342. The number of nitrogens with one attached hydrogen (secondary N) is 1. The lowest BCUT2D eigenvalue weighted by molar-refractivity contribution is 0.0991. The maximum atomic E-state index is 11.5. The number of hydrogen-bond donors (Lipinski definition) is 3. The van der Waals surface area contributed by atoms with Gasteiger partial charge in [-0.05, 0) is 25.1 Å². The van der Waals surface area contributed by atoms with E-state index in [1.807, 2.05) is 6.92 Å². The zero-order valence-corrected chi connectivity index (χ0v) is 8.87. The van der Waals surface area contributed by atoms with Gasteiger partial charge in [-0.15, -0.1) is 0 Å². The number of aromatic hydroxyl groups is 2.